The van der Waals surface area contributed by atoms with E-state index in [4.69, 9.17) is 4.98 Å². The number of rotatable bonds is 2. The number of halogens is 2. The molecule has 1 N–H and O–H groups in total. The van der Waals surface area contributed by atoms with Crippen LogP contribution in [0.3, 0.4) is 0 Å². The molecule has 0 saturated heterocycles. The smallest absolute Gasteiger partial charge is 0.157 e. The number of imidazole rings is 1. The molecule has 0 unspecified atom stereocenters. The standard InChI is InChI=1S/C16H10Br2N4/c17-10-5-6-12(11(18)7-10)20-16-15-8-19-9-22(15)14-4-2-1-3-13(14)21-16/h1-9H,(H,20,21). The Morgan fingerprint density at radius 2 is 1.86 bits per heavy atom. The van der Waals surface area contributed by atoms with E-state index in [1.54, 1.807) is 6.33 Å². The van der Waals surface area contributed by atoms with E-state index >= 15 is 0 Å². The summed E-state index contributed by atoms with van der Waals surface area (Å²) in [4.78, 5) is 8.98. The summed E-state index contributed by atoms with van der Waals surface area (Å²) in [5.41, 5.74) is 3.85. The summed E-state index contributed by atoms with van der Waals surface area (Å²) in [7, 11) is 0. The molecular weight excluding hydrogens is 408 g/mol. The first kappa shape index (κ1) is 13.7. The van der Waals surface area contributed by atoms with Crippen molar-refractivity contribution >= 4 is 59.9 Å². The van der Waals surface area contributed by atoms with Crippen LogP contribution < -0.4 is 5.32 Å². The monoisotopic (exact) mass is 416 g/mol. The van der Waals surface area contributed by atoms with Gasteiger partial charge >= 0.3 is 0 Å². The molecule has 0 aliphatic heterocycles. The Morgan fingerprint density at radius 1 is 1.00 bits per heavy atom. The fourth-order valence-corrected chi connectivity index (χ4v) is 3.56. The zero-order valence-electron chi connectivity index (χ0n) is 11.3. The predicted octanol–water partition coefficient (Wildman–Crippen LogP) is 5.15. The van der Waals surface area contributed by atoms with Crippen molar-refractivity contribution in [3.05, 3.63) is 63.9 Å². The quantitative estimate of drug-likeness (QED) is 0.490. The van der Waals surface area contributed by atoms with Gasteiger partial charge in [-0.15, -0.1) is 0 Å². The van der Waals surface area contributed by atoms with Crippen molar-refractivity contribution in [2.24, 2.45) is 0 Å². The van der Waals surface area contributed by atoms with E-state index in [1.165, 1.54) is 0 Å². The van der Waals surface area contributed by atoms with Gasteiger partial charge in [0.1, 0.15) is 5.52 Å². The van der Waals surface area contributed by atoms with E-state index in [9.17, 15) is 0 Å². The summed E-state index contributed by atoms with van der Waals surface area (Å²) in [6.07, 6.45) is 3.62. The molecule has 2 heterocycles. The summed E-state index contributed by atoms with van der Waals surface area (Å²) in [6, 6.07) is 14.0. The van der Waals surface area contributed by atoms with Crippen LogP contribution >= 0.6 is 31.9 Å². The molecule has 22 heavy (non-hydrogen) atoms. The van der Waals surface area contributed by atoms with Gasteiger partial charge in [-0.2, -0.15) is 0 Å². The number of benzene rings is 2. The summed E-state index contributed by atoms with van der Waals surface area (Å²) in [5.74, 6) is 0.777. The number of para-hydroxylation sites is 2. The highest BCUT2D eigenvalue weighted by Gasteiger charge is 2.10. The Hall–Kier alpha value is -1.92. The number of hydrogen-bond donors (Lipinski definition) is 1. The van der Waals surface area contributed by atoms with E-state index in [1.807, 2.05) is 53.1 Å². The van der Waals surface area contributed by atoms with E-state index < -0.39 is 0 Å². The number of nitrogens with one attached hydrogen (secondary N) is 1. The van der Waals surface area contributed by atoms with Crippen LogP contribution in [0.1, 0.15) is 0 Å². The molecule has 4 nitrogen and oxygen atoms in total. The lowest BCUT2D eigenvalue weighted by Gasteiger charge is -2.11. The van der Waals surface area contributed by atoms with Crippen molar-refractivity contribution < 1.29 is 0 Å². The van der Waals surface area contributed by atoms with Gasteiger partial charge in [-0.25, -0.2) is 9.97 Å². The maximum Gasteiger partial charge on any atom is 0.157 e. The molecule has 4 rings (SSSR count). The molecule has 0 fully saturated rings. The lowest BCUT2D eigenvalue weighted by molar-refractivity contribution is 1.19. The first-order valence-corrected chi connectivity index (χ1v) is 8.24. The van der Waals surface area contributed by atoms with Gasteiger partial charge in [-0.05, 0) is 46.3 Å². The van der Waals surface area contributed by atoms with Gasteiger partial charge in [0.25, 0.3) is 0 Å². The van der Waals surface area contributed by atoms with Crippen LogP contribution in [-0.2, 0) is 0 Å². The highest BCUT2D eigenvalue weighted by Crippen LogP contribution is 2.30. The molecule has 2 aromatic heterocycles. The minimum atomic E-state index is 0.777. The minimum absolute atomic E-state index is 0.777. The third kappa shape index (κ3) is 2.28. The molecule has 6 heteroatoms. The van der Waals surface area contributed by atoms with Crippen molar-refractivity contribution in [1.29, 1.82) is 0 Å². The van der Waals surface area contributed by atoms with Gasteiger partial charge in [0, 0.05) is 8.95 Å². The first-order valence-electron chi connectivity index (χ1n) is 6.65. The molecule has 2 aromatic carbocycles. The average Bonchev–Trinajstić information content (AvgIpc) is 3.00. The van der Waals surface area contributed by atoms with Gasteiger partial charge in [-0.3, -0.25) is 4.40 Å². The van der Waals surface area contributed by atoms with Crippen LogP contribution in [0, 0.1) is 0 Å². The molecule has 108 valence electrons. The number of aromatic nitrogens is 3. The first-order chi connectivity index (χ1) is 10.7. The molecule has 4 aromatic rings. The Morgan fingerprint density at radius 3 is 2.73 bits per heavy atom. The largest absolute Gasteiger partial charge is 0.337 e. The fourth-order valence-electron chi connectivity index (χ4n) is 2.41. The summed E-state index contributed by atoms with van der Waals surface area (Å²) in [6.45, 7) is 0. The molecule has 0 aliphatic carbocycles. The second-order valence-electron chi connectivity index (χ2n) is 4.85. The predicted molar refractivity (Wildman–Crippen MR) is 95.6 cm³/mol. The maximum absolute atomic E-state index is 4.73. The van der Waals surface area contributed by atoms with Gasteiger partial charge in [0.05, 0.1) is 29.2 Å². The topological polar surface area (TPSA) is 42.2 Å². The third-order valence-corrected chi connectivity index (χ3v) is 4.59. The summed E-state index contributed by atoms with van der Waals surface area (Å²) in [5, 5.41) is 3.38. The molecule has 0 bridgehead atoms. The van der Waals surface area contributed by atoms with Crippen molar-refractivity contribution in [2.45, 2.75) is 0 Å². The second-order valence-corrected chi connectivity index (χ2v) is 6.62. The molecule has 0 atom stereocenters. The van der Waals surface area contributed by atoms with Gasteiger partial charge in [0.15, 0.2) is 5.82 Å². The number of hydrogen-bond acceptors (Lipinski definition) is 3. The minimum Gasteiger partial charge on any atom is -0.337 e. The molecule has 0 spiro atoms. The van der Waals surface area contributed by atoms with Crippen LogP contribution in [0.4, 0.5) is 11.5 Å². The Labute approximate surface area is 143 Å². The van der Waals surface area contributed by atoms with Crippen molar-refractivity contribution in [3.8, 4) is 0 Å². The Bertz CT molecular complexity index is 994. The number of nitrogens with zero attached hydrogens (tertiary/aromatic N) is 3. The van der Waals surface area contributed by atoms with E-state index in [0.29, 0.717) is 0 Å². The van der Waals surface area contributed by atoms with Gasteiger partial charge in [0.2, 0.25) is 0 Å². The van der Waals surface area contributed by atoms with Crippen molar-refractivity contribution in [3.63, 3.8) is 0 Å². The van der Waals surface area contributed by atoms with Crippen molar-refractivity contribution in [1.82, 2.24) is 14.4 Å². The highest BCUT2D eigenvalue weighted by atomic mass is 79.9. The van der Waals surface area contributed by atoms with E-state index in [2.05, 4.69) is 42.2 Å². The highest BCUT2D eigenvalue weighted by molar-refractivity contribution is 9.11. The molecular formula is C16H10Br2N4. The summed E-state index contributed by atoms with van der Waals surface area (Å²) >= 11 is 7.03. The normalized spacial score (nSPS) is 11.2. The van der Waals surface area contributed by atoms with Crippen LogP contribution in [0.15, 0.2) is 63.9 Å². The van der Waals surface area contributed by atoms with Crippen LogP contribution in [0.25, 0.3) is 16.6 Å². The third-order valence-electron chi connectivity index (χ3n) is 3.44. The van der Waals surface area contributed by atoms with E-state index in [-0.39, 0.29) is 0 Å². The lowest BCUT2D eigenvalue weighted by atomic mass is 10.3. The van der Waals surface area contributed by atoms with Gasteiger partial charge < -0.3 is 5.32 Å². The Balaban J connectivity index is 1.91. The average molecular weight is 418 g/mol. The number of anilines is 2. The van der Waals surface area contributed by atoms with Crippen LogP contribution in [0.2, 0.25) is 0 Å². The van der Waals surface area contributed by atoms with Gasteiger partial charge in [-0.1, -0.05) is 28.1 Å². The zero-order chi connectivity index (χ0) is 15.1. The molecule has 0 amide bonds. The maximum atomic E-state index is 4.73. The zero-order valence-corrected chi connectivity index (χ0v) is 14.5. The molecule has 0 radical (unpaired) electrons. The second kappa shape index (κ2) is 5.37. The molecule has 0 saturated carbocycles. The molecule has 0 aliphatic rings. The number of fused-ring (bicyclic) bond motifs is 3. The van der Waals surface area contributed by atoms with Crippen LogP contribution in [0.5, 0.6) is 0 Å². The van der Waals surface area contributed by atoms with E-state index in [0.717, 1.165) is 37.0 Å². The SMILES string of the molecule is Brc1ccc(Nc2nc3ccccc3n3cncc23)c(Br)c1. The summed E-state index contributed by atoms with van der Waals surface area (Å²) < 4.78 is 4.03. The van der Waals surface area contributed by atoms with Crippen LogP contribution in [-0.4, -0.2) is 14.4 Å². The van der Waals surface area contributed by atoms with Crippen molar-refractivity contribution in [2.75, 3.05) is 5.32 Å². The Kier molecular flexibility index (Phi) is 3.35. The fraction of sp³-hybridized carbons (Fsp3) is 0. The lowest BCUT2D eigenvalue weighted by Crippen LogP contribution is -1.99.